The molecule has 3 rings (SSSR count). The molecule has 0 aliphatic carbocycles. The average Bonchev–Trinajstić information content (AvgIpc) is 2.87. The molecular formula is C26H26N2O7. The number of aryl methyl sites for hydroxylation is 2. The standard InChI is InChI=1S/C26H26N2O7/c1-17-13-18(10-12-25(29)32-3)9-11-21(17)34-23-14-24(28-16-27-23)35-22-8-6-5-7-19(22)20(15-31-2)26(30)33-4/h5-9,11,13-16H,10,12H2,1-4H3/b20-15+. The van der Waals surface area contributed by atoms with E-state index in [9.17, 15) is 9.59 Å². The van der Waals surface area contributed by atoms with Crippen molar-refractivity contribution in [1.29, 1.82) is 0 Å². The Labute approximate surface area is 203 Å². The van der Waals surface area contributed by atoms with Gasteiger partial charge >= 0.3 is 11.9 Å². The fraction of sp³-hybridized carbons (Fsp3) is 0.231. The highest BCUT2D eigenvalue weighted by Gasteiger charge is 2.18. The third-order valence-corrected chi connectivity index (χ3v) is 4.95. The van der Waals surface area contributed by atoms with E-state index in [1.807, 2.05) is 25.1 Å². The molecule has 9 heteroatoms. The van der Waals surface area contributed by atoms with Crippen LogP contribution in [-0.2, 0) is 30.2 Å². The van der Waals surface area contributed by atoms with Gasteiger partial charge in [-0.2, -0.15) is 0 Å². The van der Waals surface area contributed by atoms with Crippen LogP contribution in [0.2, 0.25) is 0 Å². The number of benzene rings is 2. The van der Waals surface area contributed by atoms with Gasteiger partial charge in [0, 0.05) is 12.0 Å². The zero-order chi connectivity index (χ0) is 25.2. The molecule has 0 fully saturated rings. The minimum Gasteiger partial charge on any atom is -0.503 e. The lowest BCUT2D eigenvalue weighted by molar-refractivity contribution is -0.140. The van der Waals surface area contributed by atoms with Crippen LogP contribution in [0.1, 0.15) is 23.1 Å². The predicted molar refractivity (Wildman–Crippen MR) is 127 cm³/mol. The zero-order valence-electron chi connectivity index (χ0n) is 19.9. The Morgan fingerprint density at radius 2 is 1.60 bits per heavy atom. The number of carbonyl (C=O) groups excluding carboxylic acids is 2. The van der Waals surface area contributed by atoms with Crippen molar-refractivity contribution in [2.75, 3.05) is 21.3 Å². The van der Waals surface area contributed by atoms with Crippen LogP contribution >= 0.6 is 0 Å². The molecule has 0 bridgehead atoms. The van der Waals surface area contributed by atoms with E-state index in [1.165, 1.54) is 33.9 Å². The van der Waals surface area contributed by atoms with Gasteiger partial charge in [0.2, 0.25) is 11.8 Å². The molecule has 0 spiro atoms. The largest absolute Gasteiger partial charge is 0.503 e. The van der Waals surface area contributed by atoms with Crippen molar-refractivity contribution >= 4 is 17.5 Å². The van der Waals surface area contributed by atoms with Crippen LogP contribution in [0.25, 0.3) is 5.57 Å². The average molecular weight is 479 g/mol. The first-order valence-electron chi connectivity index (χ1n) is 10.7. The Bertz CT molecular complexity index is 1220. The van der Waals surface area contributed by atoms with Crippen molar-refractivity contribution in [3.63, 3.8) is 0 Å². The summed E-state index contributed by atoms with van der Waals surface area (Å²) < 4.78 is 26.5. The number of carbonyl (C=O) groups is 2. The minimum atomic E-state index is -0.569. The van der Waals surface area contributed by atoms with Gasteiger partial charge < -0.3 is 23.7 Å². The van der Waals surface area contributed by atoms with Gasteiger partial charge in [0.1, 0.15) is 23.4 Å². The van der Waals surface area contributed by atoms with E-state index in [4.69, 9.17) is 18.9 Å². The SMILES string of the molecule is CO/C=C(/C(=O)OC)c1ccccc1Oc1cc(Oc2ccc(CCC(=O)OC)cc2C)ncn1. The highest BCUT2D eigenvalue weighted by molar-refractivity contribution is 6.17. The third-order valence-electron chi connectivity index (χ3n) is 4.95. The number of methoxy groups -OCH3 is 3. The normalized spacial score (nSPS) is 10.9. The van der Waals surface area contributed by atoms with Crippen LogP contribution in [0, 0.1) is 6.92 Å². The summed E-state index contributed by atoms with van der Waals surface area (Å²) in [6.45, 7) is 1.91. The summed E-state index contributed by atoms with van der Waals surface area (Å²) in [7, 11) is 4.10. The van der Waals surface area contributed by atoms with E-state index >= 15 is 0 Å². The molecule has 0 aliphatic heterocycles. The second-order valence-corrected chi connectivity index (χ2v) is 7.33. The highest BCUT2D eigenvalue weighted by atomic mass is 16.5. The van der Waals surface area contributed by atoms with E-state index in [-0.39, 0.29) is 23.3 Å². The van der Waals surface area contributed by atoms with Gasteiger partial charge in [-0.25, -0.2) is 14.8 Å². The number of nitrogens with zero attached hydrogens (tertiary/aromatic N) is 2. The molecule has 1 aromatic heterocycles. The molecule has 1 heterocycles. The van der Waals surface area contributed by atoms with Gasteiger partial charge in [-0.1, -0.05) is 30.3 Å². The summed E-state index contributed by atoms with van der Waals surface area (Å²) in [4.78, 5) is 31.9. The van der Waals surface area contributed by atoms with Gasteiger partial charge in [0.25, 0.3) is 0 Å². The van der Waals surface area contributed by atoms with Crippen molar-refractivity contribution in [1.82, 2.24) is 9.97 Å². The molecule has 0 saturated carbocycles. The van der Waals surface area contributed by atoms with Gasteiger partial charge in [-0.05, 0) is 36.6 Å². The second-order valence-electron chi connectivity index (χ2n) is 7.33. The molecule has 0 N–H and O–H groups in total. The minimum absolute atomic E-state index is 0.194. The summed E-state index contributed by atoms with van der Waals surface area (Å²) in [5.74, 6) is 0.648. The van der Waals surface area contributed by atoms with E-state index in [0.717, 1.165) is 11.1 Å². The monoisotopic (exact) mass is 478 g/mol. The topological polar surface area (TPSA) is 106 Å². The summed E-state index contributed by atoms with van der Waals surface area (Å²) >= 11 is 0. The van der Waals surface area contributed by atoms with E-state index < -0.39 is 5.97 Å². The maximum Gasteiger partial charge on any atom is 0.341 e. The molecule has 182 valence electrons. The van der Waals surface area contributed by atoms with Crippen LogP contribution in [0.3, 0.4) is 0 Å². The second kappa shape index (κ2) is 12.2. The van der Waals surface area contributed by atoms with Crippen LogP contribution in [-0.4, -0.2) is 43.2 Å². The number of aromatic nitrogens is 2. The molecule has 0 unspecified atom stereocenters. The number of para-hydroxylation sites is 1. The molecule has 3 aromatic rings. The van der Waals surface area contributed by atoms with Crippen LogP contribution in [0.15, 0.2) is 61.1 Å². The molecule has 0 atom stereocenters. The van der Waals surface area contributed by atoms with E-state index in [0.29, 0.717) is 29.9 Å². The summed E-state index contributed by atoms with van der Waals surface area (Å²) in [6, 6.07) is 14.1. The maximum absolute atomic E-state index is 12.2. The fourth-order valence-electron chi connectivity index (χ4n) is 3.22. The number of hydrogen-bond acceptors (Lipinski definition) is 9. The van der Waals surface area contributed by atoms with Crippen LogP contribution in [0.4, 0.5) is 0 Å². The van der Waals surface area contributed by atoms with Crippen molar-refractivity contribution in [3.05, 3.63) is 77.8 Å². The first-order valence-corrected chi connectivity index (χ1v) is 10.7. The molecule has 9 nitrogen and oxygen atoms in total. The van der Waals surface area contributed by atoms with E-state index in [1.54, 1.807) is 30.3 Å². The van der Waals surface area contributed by atoms with Gasteiger partial charge in [0.05, 0.1) is 33.7 Å². The molecule has 0 saturated heterocycles. The Kier molecular flexibility index (Phi) is 8.77. The molecular weight excluding hydrogens is 452 g/mol. The van der Waals surface area contributed by atoms with Crippen molar-refractivity contribution in [2.45, 2.75) is 19.8 Å². The lowest BCUT2D eigenvalue weighted by Gasteiger charge is -2.13. The van der Waals surface area contributed by atoms with Gasteiger partial charge in [0.15, 0.2) is 0 Å². The number of rotatable bonds is 10. The summed E-state index contributed by atoms with van der Waals surface area (Å²) in [6.07, 6.45) is 3.49. The Hall–Kier alpha value is -4.40. The first kappa shape index (κ1) is 25.2. The van der Waals surface area contributed by atoms with Gasteiger partial charge in [-0.15, -0.1) is 0 Å². The first-order chi connectivity index (χ1) is 16.9. The lowest BCUT2D eigenvalue weighted by Crippen LogP contribution is -2.06. The van der Waals surface area contributed by atoms with E-state index in [2.05, 4.69) is 14.7 Å². The van der Waals surface area contributed by atoms with Crippen molar-refractivity contribution < 1.29 is 33.3 Å². The highest BCUT2D eigenvalue weighted by Crippen LogP contribution is 2.32. The molecule has 0 amide bonds. The van der Waals surface area contributed by atoms with Crippen LogP contribution in [0.5, 0.6) is 23.3 Å². The summed E-state index contributed by atoms with van der Waals surface area (Å²) in [5, 5.41) is 0. The maximum atomic E-state index is 12.2. The quantitative estimate of drug-likeness (QED) is 0.234. The Morgan fingerprint density at radius 3 is 2.26 bits per heavy atom. The summed E-state index contributed by atoms with van der Waals surface area (Å²) in [5.41, 5.74) is 2.54. The third kappa shape index (κ3) is 6.80. The number of hydrogen-bond donors (Lipinski definition) is 0. The molecule has 0 aliphatic rings. The molecule has 35 heavy (non-hydrogen) atoms. The van der Waals surface area contributed by atoms with Gasteiger partial charge in [-0.3, -0.25) is 4.79 Å². The fourth-order valence-corrected chi connectivity index (χ4v) is 3.22. The number of ether oxygens (including phenoxy) is 5. The molecule has 0 radical (unpaired) electrons. The van der Waals surface area contributed by atoms with Crippen LogP contribution < -0.4 is 9.47 Å². The lowest BCUT2D eigenvalue weighted by atomic mass is 10.1. The predicted octanol–water partition coefficient (Wildman–Crippen LogP) is 4.64. The smallest absolute Gasteiger partial charge is 0.341 e. The Balaban J connectivity index is 1.78. The molecule has 2 aromatic carbocycles. The zero-order valence-corrected chi connectivity index (χ0v) is 19.9. The Morgan fingerprint density at radius 1 is 0.886 bits per heavy atom. The van der Waals surface area contributed by atoms with Crippen molar-refractivity contribution in [2.24, 2.45) is 0 Å². The number of esters is 2. The van der Waals surface area contributed by atoms with Crippen molar-refractivity contribution in [3.8, 4) is 23.3 Å².